The van der Waals surface area contributed by atoms with Crippen molar-refractivity contribution >= 4 is 0 Å². The van der Waals surface area contributed by atoms with E-state index in [1.165, 1.54) is 7.11 Å². The summed E-state index contributed by atoms with van der Waals surface area (Å²) in [6, 6.07) is 5.28. The Kier molecular flexibility index (Phi) is 4.78. The minimum absolute atomic E-state index is 0.186. The van der Waals surface area contributed by atoms with Gasteiger partial charge >= 0.3 is 0 Å². The van der Waals surface area contributed by atoms with Crippen LogP contribution < -0.4 is 4.74 Å². The molecule has 0 fully saturated rings. The fraction of sp³-hybridized carbons (Fsp3) is 0.455. The number of aliphatic hydroxyl groups excluding tert-OH is 2. The standard InChI is InChI=1S/C11H15N3O3/c1-7-3-4-10(17-2)8(5-7)11(16)9(15)6-13-14-12/h3-5,9,11,15-16H,6H2,1-2H3. The molecule has 0 aliphatic heterocycles. The van der Waals surface area contributed by atoms with E-state index in [1.54, 1.807) is 12.1 Å². The van der Waals surface area contributed by atoms with Gasteiger partial charge in [-0.15, -0.1) is 0 Å². The third kappa shape index (κ3) is 3.35. The zero-order valence-corrected chi connectivity index (χ0v) is 9.74. The summed E-state index contributed by atoms with van der Waals surface area (Å²) >= 11 is 0. The zero-order chi connectivity index (χ0) is 12.8. The lowest BCUT2D eigenvalue weighted by molar-refractivity contribution is 0.0229. The van der Waals surface area contributed by atoms with Crippen LogP contribution in [-0.4, -0.2) is 30.0 Å². The summed E-state index contributed by atoms with van der Waals surface area (Å²) in [6.07, 6.45) is -2.29. The Bertz CT molecular complexity index is 430. The Balaban J connectivity index is 2.97. The van der Waals surface area contributed by atoms with Crippen molar-refractivity contribution in [1.82, 2.24) is 0 Å². The van der Waals surface area contributed by atoms with E-state index < -0.39 is 12.2 Å². The molecule has 92 valence electrons. The molecule has 0 bridgehead atoms. The molecule has 0 spiro atoms. The SMILES string of the molecule is COc1ccc(C)cc1C(O)C(O)CN=[N+]=[N-]. The number of benzene rings is 1. The van der Waals surface area contributed by atoms with Crippen LogP contribution in [0.2, 0.25) is 0 Å². The van der Waals surface area contributed by atoms with E-state index in [-0.39, 0.29) is 6.54 Å². The highest BCUT2D eigenvalue weighted by Crippen LogP contribution is 2.28. The van der Waals surface area contributed by atoms with Gasteiger partial charge in [-0.05, 0) is 24.6 Å². The molecule has 17 heavy (non-hydrogen) atoms. The van der Waals surface area contributed by atoms with Gasteiger partial charge in [-0.2, -0.15) is 0 Å². The lowest BCUT2D eigenvalue weighted by Gasteiger charge is -2.19. The molecule has 2 N–H and O–H groups in total. The van der Waals surface area contributed by atoms with Crippen molar-refractivity contribution in [3.8, 4) is 5.75 Å². The zero-order valence-electron chi connectivity index (χ0n) is 9.74. The highest BCUT2D eigenvalue weighted by molar-refractivity contribution is 5.38. The summed E-state index contributed by atoms with van der Waals surface area (Å²) in [5.74, 6) is 0.489. The van der Waals surface area contributed by atoms with E-state index in [2.05, 4.69) is 10.0 Å². The number of ether oxygens (including phenoxy) is 1. The molecule has 1 aromatic rings. The lowest BCUT2D eigenvalue weighted by Crippen LogP contribution is -2.21. The molecule has 0 amide bonds. The molecule has 0 aromatic heterocycles. The number of aryl methyl sites for hydroxylation is 1. The quantitative estimate of drug-likeness (QED) is 0.463. The Morgan fingerprint density at radius 1 is 1.47 bits per heavy atom. The number of hydrogen-bond acceptors (Lipinski definition) is 4. The Hall–Kier alpha value is -1.75. The summed E-state index contributed by atoms with van der Waals surface area (Å²) in [5, 5.41) is 22.8. The fourth-order valence-corrected chi connectivity index (χ4v) is 1.51. The Morgan fingerprint density at radius 3 is 2.76 bits per heavy atom. The molecule has 0 saturated carbocycles. The van der Waals surface area contributed by atoms with E-state index in [9.17, 15) is 10.2 Å². The first-order valence-corrected chi connectivity index (χ1v) is 5.11. The van der Waals surface area contributed by atoms with Gasteiger partial charge in [0.15, 0.2) is 0 Å². The predicted molar refractivity (Wildman–Crippen MR) is 62.7 cm³/mol. The molecule has 6 nitrogen and oxygen atoms in total. The third-order valence-corrected chi connectivity index (χ3v) is 2.40. The molecule has 0 aliphatic rings. The van der Waals surface area contributed by atoms with Gasteiger partial charge in [0.05, 0.1) is 19.8 Å². The second kappa shape index (κ2) is 6.10. The van der Waals surface area contributed by atoms with Gasteiger partial charge in [0.1, 0.15) is 11.9 Å². The van der Waals surface area contributed by atoms with E-state index in [0.717, 1.165) is 5.56 Å². The van der Waals surface area contributed by atoms with Gasteiger partial charge in [0.2, 0.25) is 0 Å². The molecule has 0 saturated heterocycles. The van der Waals surface area contributed by atoms with Crippen LogP contribution in [0.3, 0.4) is 0 Å². The highest BCUT2D eigenvalue weighted by atomic mass is 16.5. The van der Waals surface area contributed by atoms with Gasteiger partial charge in [-0.3, -0.25) is 0 Å². The second-order valence-corrected chi connectivity index (χ2v) is 3.67. The van der Waals surface area contributed by atoms with Gasteiger partial charge in [-0.1, -0.05) is 16.7 Å². The van der Waals surface area contributed by atoms with Crippen LogP contribution in [0.5, 0.6) is 5.75 Å². The van der Waals surface area contributed by atoms with Crippen molar-refractivity contribution in [2.24, 2.45) is 5.11 Å². The minimum Gasteiger partial charge on any atom is -0.496 e. The van der Waals surface area contributed by atoms with Crippen LogP contribution in [0.4, 0.5) is 0 Å². The molecule has 2 unspecified atom stereocenters. The monoisotopic (exact) mass is 237 g/mol. The van der Waals surface area contributed by atoms with Crippen molar-refractivity contribution in [3.05, 3.63) is 39.8 Å². The first kappa shape index (κ1) is 13.3. The largest absolute Gasteiger partial charge is 0.496 e. The van der Waals surface area contributed by atoms with Crippen molar-refractivity contribution < 1.29 is 14.9 Å². The molecule has 0 heterocycles. The molecule has 1 rings (SSSR count). The van der Waals surface area contributed by atoms with E-state index in [1.807, 2.05) is 13.0 Å². The van der Waals surface area contributed by atoms with E-state index >= 15 is 0 Å². The molecule has 2 atom stereocenters. The summed E-state index contributed by atoms with van der Waals surface area (Å²) in [6.45, 7) is 1.68. The average Bonchev–Trinajstić information content (AvgIpc) is 2.34. The molecule has 1 aromatic carbocycles. The summed E-state index contributed by atoms with van der Waals surface area (Å²) in [4.78, 5) is 2.53. The van der Waals surface area contributed by atoms with Crippen LogP contribution >= 0.6 is 0 Å². The van der Waals surface area contributed by atoms with Gasteiger partial charge in [0, 0.05) is 10.5 Å². The number of hydrogen-bond donors (Lipinski definition) is 2. The summed E-state index contributed by atoms with van der Waals surface area (Å²) in [7, 11) is 1.49. The number of rotatable bonds is 5. The number of aliphatic hydroxyl groups is 2. The number of methoxy groups -OCH3 is 1. The Morgan fingerprint density at radius 2 is 2.18 bits per heavy atom. The molecule has 6 heteroatoms. The first-order chi connectivity index (χ1) is 8.10. The normalized spacial score (nSPS) is 13.6. The van der Waals surface area contributed by atoms with Crippen molar-refractivity contribution in [1.29, 1.82) is 0 Å². The fourth-order valence-electron chi connectivity index (χ4n) is 1.51. The van der Waals surface area contributed by atoms with Gasteiger partial charge in [0.25, 0.3) is 0 Å². The minimum atomic E-state index is -1.15. The number of azide groups is 1. The van der Waals surface area contributed by atoms with Crippen LogP contribution in [0.1, 0.15) is 17.2 Å². The second-order valence-electron chi connectivity index (χ2n) is 3.67. The van der Waals surface area contributed by atoms with E-state index in [0.29, 0.717) is 11.3 Å². The Labute approximate surface area is 99.1 Å². The molecule has 0 aliphatic carbocycles. The molecular formula is C11H15N3O3. The predicted octanol–water partition coefficient (Wildman–Crippen LogP) is 1.71. The first-order valence-electron chi connectivity index (χ1n) is 5.11. The molecule has 0 radical (unpaired) electrons. The van der Waals surface area contributed by atoms with E-state index in [4.69, 9.17) is 10.3 Å². The maximum atomic E-state index is 9.94. The van der Waals surface area contributed by atoms with Crippen molar-refractivity contribution in [2.75, 3.05) is 13.7 Å². The maximum absolute atomic E-state index is 9.94. The number of nitrogens with zero attached hydrogens (tertiary/aromatic N) is 3. The average molecular weight is 237 g/mol. The van der Waals surface area contributed by atoms with Crippen LogP contribution in [0.25, 0.3) is 10.4 Å². The van der Waals surface area contributed by atoms with Crippen LogP contribution in [-0.2, 0) is 0 Å². The summed E-state index contributed by atoms with van der Waals surface area (Å²) in [5.41, 5.74) is 9.57. The lowest BCUT2D eigenvalue weighted by atomic mass is 10.0. The van der Waals surface area contributed by atoms with Crippen LogP contribution in [0, 0.1) is 6.92 Å². The third-order valence-electron chi connectivity index (χ3n) is 2.40. The smallest absolute Gasteiger partial charge is 0.124 e. The topological polar surface area (TPSA) is 98.5 Å². The van der Waals surface area contributed by atoms with Crippen LogP contribution in [0.15, 0.2) is 23.3 Å². The summed E-state index contributed by atoms with van der Waals surface area (Å²) < 4.78 is 5.10. The highest BCUT2D eigenvalue weighted by Gasteiger charge is 2.21. The maximum Gasteiger partial charge on any atom is 0.124 e. The van der Waals surface area contributed by atoms with Gasteiger partial charge < -0.3 is 14.9 Å². The van der Waals surface area contributed by atoms with Crippen molar-refractivity contribution in [3.63, 3.8) is 0 Å². The van der Waals surface area contributed by atoms with Gasteiger partial charge in [-0.25, -0.2) is 0 Å². The molecular weight excluding hydrogens is 222 g/mol. The van der Waals surface area contributed by atoms with Crippen molar-refractivity contribution in [2.45, 2.75) is 19.1 Å².